The van der Waals surface area contributed by atoms with Crippen LogP contribution in [0.25, 0.3) is 0 Å². The second-order valence-electron chi connectivity index (χ2n) is 5.99. The molecule has 160 valence electrons. The molecule has 0 spiro atoms. The zero-order chi connectivity index (χ0) is 21.6. The van der Waals surface area contributed by atoms with Crippen LogP contribution < -0.4 is 10.2 Å². The molecular weight excluding hydrogens is 488 g/mol. The quantitative estimate of drug-likeness (QED) is 0.200. The Labute approximate surface area is 193 Å². The van der Waals surface area contributed by atoms with Crippen molar-refractivity contribution in [3.8, 4) is 5.75 Å². The first-order valence-corrected chi connectivity index (χ1v) is 12.4. The third-order valence-electron chi connectivity index (χ3n) is 3.58. The molecule has 0 aliphatic rings. The van der Waals surface area contributed by atoms with Gasteiger partial charge in [-0.05, 0) is 53.8 Å². The van der Waals surface area contributed by atoms with E-state index in [0.717, 1.165) is 27.1 Å². The summed E-state index contributed by atoms with van der Waals surface area (Å²) in [6.45, 7) is 0.252. The number of thioether (sulfide) groups is 2. The first kappa shape index (κ1) is 24.3. The van der Waals surface area contributed by atoms with Crippen LogP contribution in [0.15, 0.2) is 58.1 Å². The van der Waals surface area contributed by atoms with Crippen LogP contribution in [-0.4, -0.2) is 49.1 Å². The Hall–Kier alpha value is -1.97. The van der Waals surface area contributed by atoms with Crippen LogP contribution in [0.5, 0.6) is 5.75 Å². The lowest BCUT2D eigenvalue weighted by Crippen LogP contribution is -2.19. The van der Waals surface area contributed by atoms with Gasteiger partial charge in [-0.2, -0.15) is 16.9 Å². The number of nitrogens with zero attached hydrogens (tertiary/aromatic N) is 1. The Kier molecular flexibility index (Phi) is 11.4. The normalized spacial score (nSPS) is 10.7. The first-order chi connectivity index (χ1) is 14.6. The summed E-state index contributed by atoms with van der Waals surface area (Å²) in [6, 6.07) is 15.0. The molecule has 0 radical (unpaired) electrons. The standard InChI is InChI=1S/C21H23BrN2O4S2/c1-29-10-9-27-21(26)13-28-19-7-5-16(6-8-19)12-23-24-20(25)15-30-14-17-3-2-4-18(22)11-17/h2-8,11-12H,9-10,13-15H2,1H3,(H,24,25). The van der Waals surface area contributed by atoms with E-state index in [1.165, 1.54) is 11.8 Å². The number of benzene rings is 2. The number of rotatable bonds is 12. The number of carbonyl (C=O) groups is 2. The van der Waals surface area contributed by atoms with Crippen molar-refractivity contribution in [3.05, 3.63) is 64.1 Å². The van der Waals surface area contributed by atoms with Crippen molar-refractivity contribution in [2.24, 2.45) is 5.10 Å². The van der Waals surface area contributed by atoms with Gasteiger partial charge in [-0.1, -0.05) is 28.1 Å². The molecule has 0 bridgehead atoms. The summed E-state index contributed by atoms with van der Waals surface area (Å²) in [5, 5.41) is 3.96. The van der Waals surface area contributed by atoms with Gasteiger partial charge in [0.1, 0.15) is 12.4 Å². The molecule has 0 aromatic heterocycles. The van der Waals surface area contributed by atoms with Gasteiger partial charge < -0.3 is 9.47 Å². The maximum absolute atomic E-state index is 11.9. The zero-order valence-electron chi connectivity index (χ0n) is 16.5. The van der Waals surface area contributed by atoms with Crippen LogP contribution in [0.2, 0.25) is 0 Å². The summed E-state index contributed by atoms with van der Waals surface area (Å²) in [5.41, 5.74) is 4.47. The van der Waals surface area contributed by atoms with E-state index < -0.39 is 5.97 Å². The van der Waals surface area contributed by atoms with Crippen molar-refractivity contribution in [3.63, 3.8) is 0 Å². The average molecular weight is 511 g/mol. The average Bonchev–Trinajstić information content (AvgIpc) is 2.73. The number of carbonyl (C=O) groups excluding carboxylic acids is 2. The molecule has 0 saturated heterocycles. The van der Waals surface area contributed by atoms with Crippen molar-refractivity contribution in [1.29, 1.82) is 0 Å². The van der Waals surface area contributed by atoms with E-state index in [1.807, 2.05) is 30.5 Å². The molecular formula is C21H23BrN2O4S2. The van der Waals surface area contributed by atoms with Crippen LogP contribution >= 0.6 is 39.5 Å². The zero-order valence-corrected chi connectivity index (χ0v) is 19.7. The highest BCUT2D eigenvalue weighted by atomic mass is 79.9. The Morgan fingerprint density at radius 1 is 1.20 bits per heavy atom. The highest BCUT2D eigenvalue weighted by Crippen LogP contribution is 2.17. The minimum absolute atomic E-state index is 0.129. The third-order valence-corrected chi connectivity index (χ3v) is 5.65. The second kappa shape index (κ2) is 14.1. The highest BCUT2D eigenvalue weighted by Gasteiger charge is 2.04. The molecule has 9 heteroatoms. The SMILES string of the molecule is CSCCOC(=O)COc1ccc(C=NNC(=O)CSCc2cccc(Br)c2)cc1. The van der Waals surface area contributed by atoms with Crippen molar-refractivity contribution in [2.75, 3.05) is 31.0 Å². The fourth-order valence-electron chi connectivity index (χ4n) is 2.17. The molecule has 1 amide bonds. The van der Waals surface area contributed by atoms with Gasteiger partial charge in [0.2, 0.25) is 5.91 Å². The van der Waals surface area contributed by atoms with Gasteiger partial charge in [-0.15, -0.1) is 11.8 Å². The molecule has 2 aromatic rings. The molecule has 2 rings (SSSR count). The lowest BCUT2D eigenvalue weighted by molar-refractivity contribution is -0.145. The molecule has 0 atom stereocenters. The Balaban J connectivity index is 1.65. The summed E-state index contributed by atoms with van der Waals surface area (Å²) >= 11 is 6.57. The van der Waals surface area contributed by atoms with E-state index in [1.54, 1.807) is 42.2 Å². The molecule has 0 unspecified atom stereocenters. The number of halogens is 1. The summed E-state index contributed by atoms with van der Waals surface area (Å²) < 4.78 is 11.4. The number of esters is 1. The smallest absolute Gasteiger partial charge is 0.344 e. The van der Waals surface area contributed by atoms with Gasteiger partial charge in [0.15, 0.2) is 6.61 Å². The first-order valence-electron chi connectivity index (χ1n) is 9.08. The summed E-state index contributed by atoms with van der Waals surface area (Å²) in [5.74, 6) is 1.84. The van der Waals surface area contributed by atoms with E-state index >= 15 is 0 Å². The number of hydrazone groups is 1. The predicted molar refractivity (Wildman–Crippen MR) is 127 cm³/mol. The number of ether oxygens (including phenoxy) is 2. The van der Waals surface area contributed by atoms with E-state index in [4.69, 9.17) is 9.47 Å². The van der Waals surface area contributed by atoms with Crippen LogP contribution in [0.1, 0.15) is 11.1 Å². The Morgan fingerprint density at radius 3 is 2.73 bits per heavy atom. The molecule has 0 heterocycles. The minimum atomic E-state index is -0.393. The molecule has 0 saturated carbocycles. The Morgan fingerprint density at radius 2 is 2.00 bits per heavy atom. The third kappa shape index (κ3) is 10.2. The van der Waals surface area contributed by atoms with E-state index in [2.05, 4.69) is 26.5 Å². The van der Waals surface area contributed by atoms with E-state index in [0.29, 0.717) is 18.1 Å². The van der Waals surface area contributed by atoms with Crippen molar-refractivity contribution in [1.82, 2.24) is 5.43 Å². The molecule has 30 heavy (non-hydrogen) atoms. The number of hydrogen-bond donors (Lipinski definition) is 1. The monoisotopic (exact) mass is 510 g/mol. The molecule has 0 fully saturated rings. The van der Waals surface area contributed by atoms with Gasteiger partial charge in [-0.3, -0.25) is 4.79 Å². The predicted octanol–water partition coefficient (Wildman–Crippen LogP) is 4.12. The van der Waals surface area contributed by atoms with Crippen LogP contribution in [0.3, 0.4) is 0 Å². The lowest BCUT2D eigenvalue weighted by Gasteiger charge is -2.06. The minimum Gasteiger partial charge on any atom is -0.482 e. The molecule has 1 N–H and O–H groups in total. The lowest BCUT2D eigenvalue weighted by atomic mass is 10.2. The van der Waals surface area contributed by atoms with Crippen molar-refractivity contribution < 1.29 is 19.1 Å². The topological polar surface area (TPSA) is 77.0 Å². The van der Waals surface area contributed by atoms with Crippen LogP contribution in [0.4, 0.5) is 0 Å². The van der Waals surface area contributed by atoms with Gasteiger partial charge in [0.25, 0.3) is 0 Å². The fraction of sp³-hybridized carbons (Fsp3) is 0.286. The van der Waals surface area contributed by atoms with Gasteiger partial charge in [-0.25, -0.2) is 10.2 Å². The molecule has 0 aliphatic heterocycles. The largest absolute Gasteiger partial charge is 0.482 e. The summed E-state index contributed by atoms with van der Waals surface area (Å²) in [7, 11) is 0. The summed E-state index contributed by atoms with van der Waals surface area (Å²) in [4.78, 5) is 23.4. The maximum atomic E-state index is 11.9. The number of hydrogen-bond acceptors (Lipinski definition) is 7. The highest BCUT2D eigenvalue weighted by molar-refractivity contribution is 9.10. The number of amides is 1. The second-order valence-corrected chi connectivity index (χ2v) is 8.87. The van der Waals surface area contributed by atoms with E-state index in [9.17, 15) is 9.59 Å². The molecule has 2 aromatic carbocycles. The van der Waals surface area contributed by atoms with Crippen LogP contribution in [-0.2, 0) is 20.1 Å². The summed E-state index contributed by atoms with van der Waals surface area (Å²) in [6.07, 6.45) is 3.50. The number of nitrogens with one attached hydrogen (secondary N) is 1. The van der Waals surface area contributed by atoms with Gasteiger partial charge in [0.05, 0.1) is 12.0 Å². The van der Waals surface area contributed by atoms with Gasteiger partial charge in [0, 0.05) is 16.0 Å². The van der Waals surface area contributed by atoms with Gasteiger partial charge >= 0.3 is 5.97 Å². The van der Waals surface area contributed by atoms with Crippen molar-refractivity contribution in [2.45, 2.75) is 5.75 Å². The molecule has 0 aliphatic carbocycles. The van der Waals surface area contributed by atoms with Crippen molar-refractivity contribution >= 4 is 57.5 Å². The Bertz CT molecular complexity index is 847. The van der Waals surface area contributed by atoms with E-state index in [-0.39, 0.29) is 12.5 Å². The fourth-order valence-corrected chi connectivity index (χ4v) is 3.64. The molecule has 6 nitrogen and oxygen atoms in total. The van der Waals surface area contributed by atoms with Crippen LogP contribution in [0, 0.1) is 0 Å². The maximum Gasteiger partial charge on any atom is 0.344 e.